The van der Waals surface area contributed by atoms with Gasteiger partial charge in [-0.2, -0.15) is 4.98 Å². The van der Waals surface area contributed by atoms with Crippen molar-refractivity contribution in [2.75, 3.05) is 6.61 Å². The van der Waals surface area contributed by atoms with E-state index in [-0.39, 0.29) is 23.4 Å². The van der Waals surface area contributed by atoms with Crippen LogP contribution in [0.2, 0.25) is 0 Å². The summed E-state index contributed by atoms with van der Waals surface area (Å²) in [5.74, 6) is 0.628. The molecule has 17 heavy (non-hydrogen) atoms. The van der Waals surface area contributed by atoms with Gasteiger partial charge in [-0.1, -0.05) is 5.16 Å². The molecule has 0 radical (unpaired) electrons. The summed E-state index contributed by atoms with van der Waals surface area (Å²) in [5.41, 5.74) is 0.273. The van der Waals surface area contributed by atoms with E-state index >= 15 is 0 Å². The minimum Gasteiger partial charge on any atom is -0.505 e. The molecule has 2 aromatic heterocycles. The quantitative estimate of drug-likeness (QED) is 0.872. The second-order valence-corrected chi connectivity index (χ2v) is 3.43. The van der Waals surface area contributed by atoms with Gasteiger partial charge in [0.15, 0.2) is 5.69 Å². The molecule has 6 nitrogen and oxygen atoms in total. The fraction of sp³-hybridized carbons (Fsp3) is 0.364. The number of aromatic hydroxyl groups is 1. The molecule has 0 fully saturated rings. The Balaban J connectivity index is 2.27. The van der Waals surface area contributed by atoms with E-state index in [0.717, 1.165) is 0 Å². The van der Waals surface area contributed by atoms with E-state index in [1.54, 1.807) is 12.3 Å². The largest absolute Gasteiger partial charge is 0.505 e. The summed E-state index contributed by atoms with van der Waals surface area (Å²) in [4.78, 5) is 8.11. The van der Waals surface area contributed by atoms with E-state index in [1.807, 2.05) is 13.8 Å². The predicted octanol–water partition coefficient (Wildman–Crippen LogP) is 1.93. The first-order chi connectivity index (χ1) is 8.22. The molecule has 1 unspecified atom stereocenters. The summed E-state index contributed by atoms with van der Waals surface area (Å²) in [7, 11) is 0. The third-order valence-electron chi connectivity index (χ3n) is 2.21. The van der Waals surface area contributed by atoms with E-state index in [4.69, 9.17) is 9.26 Å². The highest BCUT2D eigenvalue weighted by atomic mass is 16.5. The molecule has 1 atom stereocenters. The van der Waals surface area contributed by atoms with E-state index in [0.29, 0.717) is 12.4 Å². The highest BCUT2D eigenvalue weighted by Gasteiger charge is 2.17. The number of nitrogens with zero attached hydrogens (tertiary/aromatic N) is 3. The van der Waals surface area contributed by atoms with Gasteiger partial charge in [0.25, 0.3) is 5.89 Å². The molecule has 6 heteroatoms. The molecule has 0 aliphatic rings. The van der Waals surface area contributed by atoms with Gasteiger partial charge in [0, 0.05) is 12.8 Å². The maximum atomic E-state index is 9.59. The minimum absolute atomic E-state index is 0.00626. The number of rotatable bonds is 4. The maximum Gasteiger partial charge on any atom is 0.280 e. The summed E-state index contributed by atoms with van der Waals surface area (Å²) in [6.45, 7) is 4.29. The third kappa shape index (κ3) is 2.42. The molecule has 0 amide bonds. The van der Waals surface area contributed by atoms with E-state index < -0.39 is 0 Å². The fourth-order valence-corrected chi connectivity index (χ4v) is 1.38. The first-order valence-corrected chi connectivity index (χ1v) is 5.32. The van der Waals surface area contributed by atoms with Crippen LogP contribution in [0.3, 0.4) is 0 Å². The second kappa shape index (κ2) is 4.92. The molecular weight excluding hydrogens is 222 g/mol. The minimum atomic E-state index is -0.247. The van der Waals surface area contributed by atoms with Crippen LogP contribution in [0.15, 0.2) is 22.9 Å². The Kier molecular flexibility index (Phi) is 3.34. The fourth-order valence-electron chi connectivity index (χ4n) is 1.38. The van der Waals surface area contributed by atoms with Gasteiger partial charge < -0.3 is 14.4 Å². The summed E-state index contributed by atoms with van der Waals surface area (Å²) in [6, 6.07) is 3.14. The van der Waals surface area contributed by atoms with Crippen molar-refractivity contribution in [3.8, 4) is 17.3 Å². The van der Waals surface area contributed by atoms with Gasteiger partial charge in [-0.25, -0.2) is 4.98 Å². The summed E-state index contributed by atoms with van der Waals surface area (Å²) < 4.78 is 10.4. The van der Waals surface area contributed by atoms with Crippen LogP contribution in [-0.2, 0) is 4.74 Å². The first-order valence-electron chi connectivity index (χ1n) is 5.32. The highest BCUT2D eigenvalue weighted by molar-refractivity contribution is 5.55. The van der Waals surface area contributed by atoms with Crippen LogP contribution in [0.1, 0.15) is 25.8 Å². The van der Waals surface area contributed by atoms with E-state index in [2.05, 4.69) is 15.1 Å². The van der Waals surface area contributed by atoms with Gasteiger partial charge in [-0.15, -0.1) is 0 Å². The Labute approximate surface area is 98.3 Å². The molecule has 2 heterocycles. The smallest absolute Gasteiger partial charge is 0.280 e. The van der Waals surface area contributed by atoms with Crippen molar-refractivity contribution in [1.29, 1.82) is 0 Å². The van der Waals surface area contributed by atoms with Crippen molar-refractivity contribution in [3.05, 3.63) is 24.2 Å². The van der Waals surface area contributed by atoms with Crippen molar-refractivity contribution in [2.24, 2.45) is 0 Å². The zero-order valence-corrected chi connectivity index (χ0v) is 9.62. The first kappa shape index (κ1) is 11.5. The SMILES string of the molecule is CCOC(C)c1noc(-c2ncccc2O)n1. The Hall–Kier alpha value is -1.95. The average molecular weight is 235 g/mol. The van der Waals surface area contributed by atoms with Gasteiger partial charge in [-0.3, -0.25) is 0 Å². The van der Waals surface area contributed by atoms with Crippen LogP contribution in [-0.4, -0.2) is 26.8 Å². The van der Waals surface area contributed by atoms with Gasteiger partial charge >= 0.3 is 0 Å². The summed E-state index contributed by atoms with van der Waals surface area (Å²) in [6.07, 6.45) is 1.30. The standard InChI is InChI=1S/C11H13N3O3/c1-3-16-7(2)10-13-11(17-14-10)9-8(15)5-4-6-12-9/h4-7,15H,3H2,1-2H3. The Morgan fingerprint density at radius 3 is 3.06 bits per heavy atom. The van der Waals surface area contributed by atoms with Crippen molar-refractivity contribution in [1.82, 2.24) is 15.1 Å². The van der Waals surface area contributed by atoms with Gasteiger partial charge in [0.1, 0.15) is 11.9 Å². The van der Waals surface area contributed by atoms with Crippen LogP contribution < -0.4 is 0 Å². The molecule has 0 bridgehead atoms. The number of hydrogen-bond donors (Lipinski definition) is 1. The molecular formula is C11H13N3O3. The molecule has 0 aliphatic heterocycles. The summed E-state index contributed by atoms with van der Waals surface area (Å²) >= 11 is 0. The van der Waals surface area contributed by atoms with Crippen LogP contribution in [0, 0.1) is 0 Å². The summed E-state index contributed by atoms with van der Waals surface area (Å²) in [5, 5.41) is 13.4. The van der Waals surface area contributed by atoms with Crippen molar-refractivity contribution in [2.45, 2.75) is 20.0 Å². The Morgan fingerprint density at radius 1 is 1.53 bits per heavy atom. The van der Waals surface area contributed by atoms with Gasteiger partial charge in [-0.05, 0) is 26.0 Å². The van der Waals surface area contributed by atoms with Crippen LogP contribution in [0.5, 0.6) is 5.75 Å². The average Bonchev–Trinajstić information content (AvgIpc) is 2.79. The number of ether oxygens (including phenoxy) is 1. The molecule has 2 aromatic rings. The molecule has 2 rings (SSSR count). The van der Waals surface area contributed by atoms with Gasteiger partial charge in [0.05, 0.1) is 0 Å². The lowest BCUT2D eigenvalue weighted by Gasteiger charge is -2.04. The zero-order valence-electron chi connectivity index (χ0n) is 9.62. The van der Waals surface area contributed by atoms with Crippen molar-refractivity contribution in [3.63, 3.8) is 0 Å². The maximum absolute atomic E-state index is 9.59. The molecule has 0 saturated heterocycles. The Morgan fingerprint density at radius 2 is 2.35 bits per heavy atom. The zero-order chi connectivity index (χ0) is 12.3. The molecule has 0 aliphatic carbocycles. The van der Waals surface area contributed by atoms with Crippen molar-refractivity contribution < 1.29 is 14.4 Å². The number of hydrogen-bond acceptors (Lipinski definition) is 6. The normalized spacial score (nSPS) is 12.6. The van der Waals surface area contributed by atoms with E-state index in [1.165, 1.54) is 6.07 Å². The van der Waals surface area contributed by atoms with Crippen LogP contribution in [0.25, 0.3) is 11.6 Å². The third-order valence-corrected chi connectivity index (χ3v) is 2.21. The van der Waals surface area contributed by atoms with Crippen molar-refractivity contribution >= 4 is 0 Å². The van der Waals surface area contributed by atoms with E-state index in [9.17, 15) is 5.11 Å². The monoisotopic (exact) mass is 235 g/mol. The Bertz CT molecular complexity index is 498. The lowest BCUT2D eigenvalue weighted by Crippen LogP contribution is -2.01. The molecule has 0 saturated carbocycles. The lowest BCUT2D eigenvalue weighted by atomic mass is 10.3. The molecule has 0 spiro atoms. The number of pyridine rings is 1. The topological polar surface area (TPSA) is 81.3 Å². The second-order valence-electron chi connectivity index (χ2n) is 3.43. The number of aromatic nitrogens is 3. The molecule has 1 N–H and O–H groups in total. The lowest BCUT2D eigenvalue weighted by molar-refractivity contribution is 0.0683. The molecule has 0 aromatic carbocycles. The van der Waals surface area contributed by atoms with Crippen LogP contribution in [0.4, 0.5) is 0 Å². The molecule has 90 valence electrons. The van der Waals surface area contributed by atoms with Gasteiger partial charge in [0.2, 0.25) is 5.82 Å². The highest BCUT2D eigenvalue weighted by Crippen LogP contribution is 2.25. The predicted molar refractivity (Wildman–Crippen MR) is 59.2 cm³/mol. The van der Waals surface area contributed by atoms with Crippen LogP contribution >= 0.6 is 0 Å².